The summed E-state index contributed by atoms with van der Waals surface area (Å²) in [5.74, 6) is 3.25. The van der Waals surface area contributed by atoms with E-state index in [-0.39, 0.29) is 23.3 Å². The normalized spacial score (nSPS) is 16.8. The number of hydrogen-bond donors (Lipinski definition) is 1. The van der Waals surface area contributed by atoms with Crippen molar-refractivity contribution in [2.24, 2.45) is 17.3 Å². The lowest BCUT2D eigenvalue weighted by atomic mass is 9.73. The number of carbonyl (C=O) groups is 1. The predicted octanol–water partition coefficient (Wildman–Crippen LogP) is 11.7. The van der Waals surface area contributed by atoms with Crippen LogP contribution in [-0.2, 0) is 14.6 Å². The summed E-state index contributed by atoms with van der Waals surface area (Å²) in [6.45, 7) is 18.5. The first-order valence-electron chi connectivity index (χ1n) is 18.2. The van der Waals surface area contributed by atoms with Crippen LogP contribution in [0.5, 0.6) is 11.5 Å². The van der Waals surface area contributed by atoms with Crippen LogP contribution in [0.1, 0.15) is 134 Å². The molecule has 2 unspecified atom stereocenters. The van der Waals surface area contributed by atoms with E-state index in [0.717, 1.165) is 58.6 Å². The van der Waals surface area contributed by atoms with Crippen molar-refractivity contribution in [3.63, 3.8) is 0 Å². The molecule has 1 saturated carbocycles. The smallest absolute Gasteiger partial charge is 0.225 e. The van der Waals surface area contributed by atoms with Gasteiger partial charge in [0.05, 0.1) is 6.10 Å². The van der Waals surface area contributed by atoms with Crippen LogP contribution in [-0.4, -0.2) is 14.9 Å². The summed E-state index contributed by atoms with van der Waals surface area (Å²) < 4.78 is 12.9. The van der Waals surface area contributed by atoms with Crippen LogP contribution in [0.15, 0.2) is 66.7 Å². The standard InChI is InChI=1S/C42H59NO3Si/c1-41(2,3)31(26-29-16-9-10-17-29)18-15-23-37(46-47(7)8)30-24-25-35(42(4,5)6)36(27-30)43-40(44)28-34-32-19-11-13-21-38(32)45-39-22-14-12-20-33(34)39/h11-14,19-22,24-25,27,29,31,34,37,47H,9-10,15-18,23,26,28H2,1-8H3,(H,43,44). The van der Waals surface area contributed by atoms with Gasteiger partial charge in [-0.3, -0.25) is 4.79 Å². The zero-order chi connectivity index (χ0) is 33.8. The summed E-state index contributed by atoms with van der Waals surface area (Å²) in [4.78, 5) is 13.9. The van der Waals surface area contributed by atoms with Gasteiger partial charge in [0.1, 0.15) is 11.5 Å². The minimum atomic E-state index is -1.30. The van der Waals surface area contributed by atoms with Crippen LogP contribution in [0.3, 0.4) is 0 Å². The van der Waals surface area contributed by atoms with Crippen molar-refractivity contribution in [1.82, 2.24) is 0 Å². The molecule has 0 radical (unpaired) electrons. The highest BCUT2D eigenvalue weighted by atomic mass is 28.3. The quantitative estimate of drug-likeness (QED) is 0.198. The average Bonchev–Trinajstić information content (AvgIpc) is 3.52. The van der Waals surface area contributed by atoms with Gasteiger partial charge in [0.15, 0.2) is 9.04 Å². The van der Waals surface area contributed by atoms with Gasteiger partial charge in [-0.1, -0.05) is 122 Å². The van der Waals surface area contributed by atoms with E-state index in [4.69, 9.17) is 9.16 Å². The average molecular weight is 654 g/mol. The van der Waals surface area contributed by atoms with E-state index in [1.807, 2.05) is 36.4 Å². The summed E-state index contributed by atoms with van der Waals surface area (Å²) in [5, 5.41) is 3.39. The Bertz CT molecular complexity index is 1450. The molecule has 0 aromatic heterocycles. The number of carbonyl (C=O) groups excluding carboxylic acids is 1. The van der Waals surface area contributed by atoms with Gasteiger partial charge in [-0.15, -0.1) is 0 Å². The SMILES string of the molecule is C[SiH](C)OC(CCCC(CC1CCCC1)C(C)(C)C)c1ccc(C(C)(C)C)c(NC(=O)CC2c3ccccc3Oc3ccccc32)c1. The Hall–Kier alpha value is -2.89. The molecule has 1 N–H and O–H groups in total. The number of benzene rings is 3. The fourth-order valence-electron chi connectivity index (χ4n) is 7.88. The van der Waals surface area contributed by atoms with Crippen molar-refractivity contribution in [3.8, 4) is 11.5 Å². The van der Waals surface area contributed by atoms with Crippen molar-refractivity contribution in [1.29, 1.82) is 0 Å². The van der Waals surface area contributed by atoms with Crippen LogP contribution >= 0.6 is 0 Å². The lowest BCUT2D eigenvalue weighted by molar-refractivity contribution is -0.116. The van der Waals surface area contributed by atoms with Gasteiger partial charge in [-0.05, 0) is 84.3 Å². The molecular weight excluding hydrogens is 595 g/mol. The van der Waals surface area contributed by atoms with Gasteiger partial charge >= 0.3 is 0 Å². The molecule has 1 amide bonds. The molecule has 5 rings (SSSR count). The molecule has 0 spiro atoms. The Labute approximate surface area is 286 Å². The minimum Gasteiger partial charge on any atom is -0.457 e. The van der Waals surface area contributed by atoms with Crippen molar-refractivity contribution in [2.75, 3.05) is 5.32 Å². The van der Waals surface area contributed by atoms with Crippen LogP contribution in [0.4, 0.5) is 5.69 Å². The van der Waals surface area contributed by atoms with Gasteiger partial charge in [-0.25, -0.2) is 0 Å². The first kappa shape index (κ1) is 35.4. The monoisotopic (exact) mass is 653 g/mol. The summed E-state index contributed by atoms with van der Waals surface area (Å²) in [6, 6.07) is 22.9. The lowest BCUT2D eigenvalue weighted by Crippen LogP contribution is -2.24. The van der Waals surface area contributed by atoms with Crippen molar-refractivity contribution in [2.45, 2.75) is 130 Å². The second-order valence-electron chi connectivity index (χ2n) is 16.6. The second-order valence-corrected chi connectivity index (χ2v) is 19.0. The van der Waals surface area contributed by atoms with Crippen LogP contribution in [0.25, 0.3) is 0 Å². The zero-order valence-electron chi connectivity index (χ0n) is 30.3. The summed E-state index contributed by atoms with van der Waals surface area (Å²) in [7, 11) is -1.30. The Morgan fingerprint density at radius 3 is 2.09 bits per heavy atom. The molecule has 47 heavy (non-hydrogen) atoms. The molecule has 1 heterocycles. The number of para-hydroxylation sites is 2. The Kier molecular flexibility index (Phi) is 11.4. The third-order valence-electron chi connectivity index (χ3n) is 10.5. The van der Waals surface area contributed by atoms with Crippen molar-refractivity contribution in [3.05, 3.63) is 89.0 Å². The highest BCUT2D eigenvalue weighted by molar-refractivity contribution is 6.48. The maximum atomic E-state index is 13.9. The number of hydrogen-bond acceptors (Lipinski definition) is 3. The number of amides is 1. The Morgan fingerprint density at radius 1 is 0.894 bits per heavy atom. The van der Waals surface area contributed by atoms with E-state index in [2.05, 4.69) is 90.3 Å². The third-order valence-corrected chi connectivity index (χ3v) is 11.3. The largest absolute Gasteiger partial charge is 0.457 e. The maximum absolute atomic E-state index is 13.9. The van der Waals surface area contributed by atoms with Crippen molar-refractivity contribution < 1.29 is 14.0 Å². The van der Waals surface area contributed by atoms with E-state index in [9.17, 15) is 4.79 Å². The number of ether oxygens (including phenoxy) is 1. The zero-order valence-corrected chi connectivity index (χ0v) is 31.5. The first-order valence-corrected chi connectivity index (χ1v) is 21.0. The maximum Gasteiger partial charge on any atom is 0.225 e. The molecule has 2 atom stereocenters. The van der Waals surface area contributed by atoms with Crippen LogP contribution in [0, 0.1) is 17.3 Å². The molecule has 254 valence electrons. The second kappa shape index (κ2) is 15.1. The number of rotatable bonds is 12. The molecule has 0 saturated heterocycles. The Morgan fingerprint density at radius 2 is 1.51 bits per heavy atom. The van der Waals surface area contributed by atoms with E-state index >= 15 is 0 Å². The third kappa shape index (κ3) is 9.17. The van der Waals surface area contributed by atoms with Gasteiger partial charge < -0.3 is 14.5 Å². The predicted molar refractivity (Wildman–Crippen MR) is 199 cm³/mol. The Balaban J connectivity index is 1.35. The van der Waals surface area contributed by atoms with Crippen molar-refractivity contribution >= 4 is 20.6 Å². The van der Waals surface area contributed by atoms with E-state index in [0.29, 0.717) is 11.8 Å². The number of nitrogens with one attached hydrogen (secondary N) is 1. The lowest BCUT2D eigenvalue weighted by Gasteiger charge is -2.33. The van der Waals surface area contributed by atoms with Gasteiger partial charge in [-0.2, -0.15) is 0 Å². The van der Waals surface area contributed by atoms with Gasteiger partial charge in [0, 0.05) is 29.2 Å². The van der Waals surface area contributed by atoms with Crippen LogP contribution < -0.4 is 10.1 Å². The molecule has 1 fully saturated rings. The summed E-state index contributed by atoms with van der Waals surface area (Å²) in [6.07, 6.45) is 10.8. The first-order chi connectivity index (χ1) is 22.3. The molecule has 5 heteroatoms. The van der Waals surface area contributed by atoms with Crippen LogP contribution in [0.2, 0.25) is 13.1 Å². The highest BCUT2D eigenvalue weighted by Crippen LogP contribution is 2.46. The number of fused-ring (bicyclic) bond motifs is 2. The topological polar surface area (TPSA) is 47.6 Å². The van der Waals surface area contributed by atoms with Gasteiger partial charge in [0.25, 0.3) is 0 Å². The summed E-state index contributed by atoms with van der Waals surface area (Å²) >= 11 is 0. The fourth-order valence-corrected chi connectivity index (χ4v) is 8.83. The fraction of sp³-hybridized carbons (Fsp3) is 0.548. The van der Waals surface area contributed by atoms with E-state index < -0.39 is 9.04 Å². The highest BCUT2D eigenvalue weighted by Gasteiger charge is 2.31. The van der Waals surface area contributed by atoms with Gasteiger partial charge in [0.2, 0.25) is 5.91 Å². The minimum absolute atomic E-state index is 0.0137. The molecule has 3 aromatic rings. The molecule has 2 aliphatic rings. The molecule has 1 aliphatic carbocycles. The number of anilines is 1. The molecule has 0 bridgehead atoms. The molecule has 1 aliphatic heterocycles. The van der Waals surface area contributed by atoms with E-state index in [1.165, 1.54) is 44.1 Å². The molecular formula is C42H59NO3Si. The molecule has 4 nitrogen and oxygen atoms in total. The summed E-state index contributed by atoms with van der Waals surface area (Å²) in [5.41, 5.74) is 5.55. The van der Waals surface area contributed by atoms with E-state index in [1.54, 1.807) is 0 Å². The molecule has 3 aromatic carbocycles.